The molecule has 3 N–H and O–H groups in total. The van der Waals surface area contributed by atoms with E-state index in [2.05, 4.69) is 5.43 Å². The molecule has 0 aliphatic carbocycles. The number of halogens is 2. The molecule has 0 spiro atoms. The van der Waals surface area contributed by atoms with Crippen LogP contribution in [0.1, 0.15) is 5.56 Å². The first-order chi connectivity index (χ1) is 4.75. The number of hydrogen-bond donors (Lipinski definition) is 2. The maximum Gasteiger partial charge on any atom is 0.128 e. The molecule has 0 unspecified atom stereocenters. The van der Waals surface area contributed by atoms with Crippen molar-refractivity contribution >= 4 is 18.1 Å². The van der Waals surface area contributed by atoms with Gasteiger partial charge in [0.1, 0.15) is 5.82 Å². The number of nitrogens with two attached hydrogens (primary N) is 1. The Morgan fingerprint density at radius 3 is 2.55 bits per heavy atom. The van der Waals surface area contributed by atoms with Crippen molar-refractivity contribution in [3.8, 4) is 0 Å². The van der Waals surface area contributed by atoms with Crippen LogP contribution in [-0.2, 0) is 0 Å². The van der Waals surface area contributed by atoms with Gasteiger partial charge in [0.05, 0.1) is 5.69 Å². The van der Waals surface area contributed by atoms with Gasteiger partial charge in [-0.3, -0.25) is 5.84 Å². The van der Waals surface area contributed by atoms with Crippen LogP contribution in [0.3, 0.4) is 0 Å². The number of nitrogen functional groups attached to an aromatic ring is 1. The predicted molar refractivity (Wildman–Crippen MR) is 46.2 cm³/mol. The number of hydrogen-bond acceptors (Lipinski definition) is 2. The van der Waals surface area contributed by atoms with Gasteiger partial charge in [-0.2, -0.15) is 0 Å². The molecule has 1 rings (SSSR count). The Morgan fingerprint density at radius 1 is 1.45 bits per heavy atom. The van der Waals surface area contributed by atoms with Gasteiger partial charge >= 0.3 is 0 Å². The lowest BCUT2D eigenvalue weighted by atomic mass is 10.2. The summed E-state index contributed by atoms with van der Waals surface area (Å²) in [7, 11) is 0. The van der Waals surface area contributed by atoms with Crippen molar-refractivity contribution in [3.63, 3.8) is 0 Å². The number of anilines is 1. The summed E-state index contributed by atoms with van der Waals surface area (Å²) in [5, 5.41) is 0. The quantitative estimate of drug-likeness (QED) is 0.506. The van der Waals surface area contributed by atoms with Gasteiger partial charge < -0.3 is 5.43 Å². The highest BCUT2D eigenvalue weighted by Gasteiger charge is 1.99. The van der Waals surface area contributed by atoms with Crippen molar-refractivity contribution in [2.45, 2.75) is 6.92 Å². The fourth-order valence-corrected chi connectivity index (χ4v) is 0.764. The van der Waals surface area contributed by atoms with Crippen LogP contribution in [0.2, 0.25) is 0 Å². The fraction of sp³-hybridized carbons (Fsp3) is 0.143. The molecule has 0 aliphatic rings. The largest absolute Gasteiger partial charge is 0.324 e. The molecule has 0 heterocycles. The highest BCUT2D eigenvalue weighted by molar-refractivity contribution is 5.85. The lowest BCUT2D eigenvalue weighted by Gasteiger charge is -2.03. The van der Waals surface area contributed by atoms with Gasteiger partial charge in [-0.1, -0.05) is 6.07 Å². The molecule has 4 heteroatoms. The molecule has 0 fully saturated rings. The maximum atomic E-state index is 12.7. The Labute approximate surface area is 71.0 Å². The molecule has 0 saturated heterocycles. The van der Waals surface area contributed by atoms with Gasteiger partial charge in [-0.15, -0.1) is 12.4 Å². The van der Waals surface area contributed by atoms with Gasteiger partial charge in [0, 0.05) is 5.56 Å². The van der Waals surface area contributed by atoms with Crippen molar-refractivity contribution in [3.05, 3.63) is 29.6 Å². The molecule has 1 aromatic carbocycles. The molecule has 11 heavy (non-hydrogen) atoms. The summed E-state index contributed by atoms with van der Waals surface area (Å²) in [6.45, 7) is 1.67. The van der Waals surface area contributed by atoms with E-state index >= 15 is 0 Å². The van der Waals surface area contributed by atoms with Gasteiger partial charge in [-0.25, -0.2) is 4.39 Å². The van der Waals surface area contributed by atoms with Crippen molar-refractivity contribution < 1.29 is 4.39 Å². The molecule has 0 amide bonds. The maximum absolute atomic E-state index is 12.7. The Bertz CT molecular complexity index is 240. The standard InChI is InChI=1S/C7H9FN2.ClH/c1-5-6(8)3-2-4-7(5)10-9;/h2-4,10H,9H2,1H3;1H. The highest BCUT2D eigenvalue weighted by atomic mass is 35.5. The molecule has 0 aromatic heterocycles. The summed E-state index contributed by atoms with van der Waals surface area (Å²) < 4.78 is 12.7. The van der Waals surface area contributed by atoms with Crippen LogP contribution in [0.15, 0.2) is 18.2 Å². The Balaban J connectivity index is 0.000001000. The molecule has 62 valence electrons. The number of rotatable bonds is 1. The van der Waals surface area contributed by atoms with Crippen molar-refractivity contribution in [1.82, 2.24) is 0 Å². The smallest absolute Gasteiger partial charge is 0.128 e. The monoisotopic (exact) mass is 176 g/mol. The van der Waals surface area contributed by atoms with Crippen LogP contribution in [0, 0.1) is 12.7 Å². The van der Waals surface area contributed by atoms with E-state index in [1.807, 2.05) is 0 Å². The number of nitrogens with one attached hydrogen (secondary N) is 1. The molecule has 0 radical (unpaired) electrons. The molecule has 0 bridgehead atoms. The first-order valence-electron chi connectivity index (χ1n) is 2.97. The lowest BCUT2D eigenvalue weighted by molar-refractivity contribution is 0.619. The summed E-state index contributed by atoms with van der Waals surface area (Å²) in [4.78, 5) is 0. The number of hydrazine groups is 1. The van der Waals surface area contributed by atoms with Gasteiger partial charge in [0.15, 0.2) is 0 Å². The third kappa shape index (κ3) is 2.06. The molecule has 2 nitrogen and oxygen atoms in total. The van der Waals surface area contributed by atoms with E-state index in [9.17, 15) is 4.39 Å². The van der Waals surface area contributed by atoms with Gasteiger partial charge in [0.2, 0.25) is 0 Å². The van der Waals surface area contributed by atoms with Crippen LogP contribution in [0.5, 0.6) is 0 Å². The summed E-state index contributed by atoms with van der Waals surface area (Å²) in [5.41, 5.74) is 3.57. The average Bonchev–Trinajstić information content (AvgIpc) is 1.95. The Kier molecular flexibility index (Phi) is 3.85. The zero-order valence-electron chi connectivity index (χ0n) is 6.10. The van der Waals surface area contributed by atoms with Crippen LogP contribution in [0.4, 0.5) is 10.1 Å². The molecule has 0 aliphatic heterocycles. The zero-order valence-corrected chi connectivity index (χ0v) is 6.91. The van der Waals surface area contributed by atoms with Crippen LogP contribution >= 0.6 is 12.4 Å². The van der Waals surface area contributed by atoms with Crippen LogP contribution in [0.25, 0.3) is 0 Å². The molecular formula is C7H10ClFN2. The molecule has 0 atom stereocenters. The minimum Gasteiger partial charge on any atom is -0.324 e. The third-order valence-electron chi connectivity index (χ3n) is 1.42. The zero-order chi connectivity index (χ0) is 7.56. The minimum atomic E-state index is -0.240. The van der Waals surface area contributed by atoms with E-state index in [0.717, 1.165) is 0 Å². The second-order valence-corrected chi connectivity index (χ2v) is 2.06. The van der Waals surface area contributed by atoms with E-state index in [1.54, 1.807) is 19.1 Å². The van der Waals surface area contributed by atoms with Gasteiger partial charge in [0.25, 0.3) is 0 Å². The van der Waals surface area contributed by atoms with Crippen molar-refractivity contribution in [2.24, 2.45) is 5.84 Å². The van der Waals surface area contributed by atoms with Crippen LogP contribution < -0.4 is 11.3 Å². The van der Waals surface area contributed by atoms with Crippen molar-refractivity contribution in [1.29, 1.82) is 0 Å². The number of benzene rings is 1. The predicted octanol–water partition coefficient (Wildman–Crippen LogP) is 1.84. The van der Waals surface area contributed by atoms with E-state index in [0.29, 0.717) is 11.3 Å². The van der Waals surface area contributed by atoms with Crippen molar-refractivity contribution in [2.75, 3.05) is 5.43 Å². The van der Waals surface area contributed by atoms with E-state index in [-0.39, 0.29) is 18.2 Å². The van der Waals surface area contributed by atoms with E-state index < -0.39 is 0 Å². The Hall–Kier alpha value is -0.800. The van der Waals surface area contributed by atoms with Crippen LogP contribution in [-0.4, -0.2) is 0 Å². The SMILES string of the molecule is Cc1c(F)cccc1NN.Cl. The summed E-state index contributed by atoms with van der Waals surface area (Å²) >= 11 is 0. The first-order valence-corrected chi connectivity index (χ1v) is 2.97. The first kappa shape index (κ1) is 10.2. The third-order valence-corrected chi connectivity index (χ3v) is 1.42. The second-order valence-electron chi connectivity index (χ2n) is 2.06. The molecule has 1 aromatic rings. The van der Waals surface area contributed by atoms with E-state index in [4.69, 9.17) is 5.84 Å². The summed E-state index contributed by atoms with van der Waals surface area (Å²) in [6, 6.07) is 4.73. The van der Waals surface area contributed by atoms with E-state index in [1.165, 1.54) is 6.07 Å². The molecular weight excluding hydrogens is 167 g/mol. The van der Waals surface area contributed by atoms with Gasteiger partial charge in [-0.05, 0) is 19.1 Å². The highest BCUT2D eigenvalue weighted by Crippen LogP contribution is 2.15. The Morgan fingerprint density at radius 2 is 2.09 bits per heavy atom. The summed E-state index contributed by atoms with van der Waals surface area (Å²) in [5.74, 6) is 4.86. The molecule has 0 saturated carbocycles. The minimum absolute atomic E-state index is 0. The topological polar surface area (TPSA) is 38.0 Å². The normalized spacial score (nSPS) is 8.64. The summed E-state index contributed by atoms with van der Waals surface area (Å²) in [6.07, 6.45) is 0. The average molecular weight is 177 g/mol. The fourth-order valence-electron chi connectivity index (χ4n) is 0.764. The lowest BCUT2D eigenvalue weighted by Crippen LogP contribution is -2.08. The second kappa shape index (κ2) is 4.16.